The van der Waals surface area contributed by atoms with Crippen LogP contribution >= 0.6 is 0 Å². The molecule has 3 unspecified atom stereocenters. The summed E-state index contributed by atoms with van der Waals surface area (Å²) in [4.78, 5) is 12.1. The van der Waals surface area contributed by atoms with Crippen LogP contribution in [0.1, 0.15) is 19.8 Å². The molecule has 0 aromatic carbocycles. The van der Waals surface area contributed by atoms with Crippen molar-refractivity contribution in [2.45, 2.75) is 37.5 Å². The van der Waals surface area contributed by atoms with Crippen molar-refractivity contribution in [3.05, 3.63) is 0 Å². The highest BCUT2D eigenvalue weighted by molar-refractivity contribution is 7.91. The van der Waals surface area contributed by atoms with Crippen LogP contribution in [0.25, 0.3) is 0 Å². The van der Waals surface area contributed by atoms with E-state index in [-0.39, 0.29) is 29.6 Å². The highest BCUT2D eigenvalue weighted by Crippen LogP contribution is 2.23. The molecule has 2 N–H and O–H groups in total. The van der Waals surface area contributed by atoms with E-state index in [1.165, 1.54) is 0 Å². The lowest BCUT2D eigenvalue weighted by Crippen LogP contribution is -2.52. The second-order valence-corrected chi connectivity index (χ2v) is 7.63. The van der Waals surface area contributed by atoms with Crippen molar-refractivity contribution in [3.63, 3.8) is 0 Å². The van der Waals surface area contributed by atoms with Gasteiger partial charge in [0.15, 0.2) is 9.84 Å². The van der Waals surface area contributed by atoms with Gasteiger partial charge in [-0.2, -0.15) is 0 Å². The molecule has 0 radical (unpaired) electrons. The Morgan fingerprint density at radius 1 is 1.50 bits per heavy atom. The first-order valence-electron chi connectivity index (χ1n) is 6.12. The Morgan fingerprint density at radius 2 is 2.22 bits per heavy atom. The van der Waals surface area contributed by atoms with Crippen molar-refractivity contribution >= 4 is 15.7 Å². The normalized spacial score (nSPS) is 38.8. The third-order valence-electron chi connectivity index (χ3n) is 3.67. The first-order chi connectivity index (χ1) is 8.34. The Balaban J connectivity index is 1.92. The first-order valence-corrected chi connectivity index (χ1v) is 7.94. The van der Waals surface area contributed by atoms with Crippen LogP contribution in [0, 0.1) is 0 Å². The van der Waals surface area contributed by atoms with E-state index in [4.69, 9.17) is 4.74 Å². The van der Waals surface area contributed by atoms with Gasteiger partial charge in [0.25, 0.3) is 0 Å². The minimum atomic E-state index is -3.00. The Hall–Kier alpha value is -0.660. The summed E-state index contributed by atoms with van der Waals surface area (Å²) in [5.41, 5.74) is -0.622. The van der Waals surface area contributed by atoms with Gasteiger partial charge in [-0.3, -0.25) is 4.79 Å². The molecular formula is C11H20N2O4S. The summed E-state index contributed by atoms with van der Waals surface area (Å²) in [7, 11) is -1.38. The standard InChI is InChI=1S/C11H20N2O4S/c1-11(3-4-18(15,16)7-11)13-10(14)9-5-8(17-2)6-12-9/h8-9,12H,3-7H2,1-2H3,(H,13,14). The lowest BCUT2D eigenvalue weighted by atomic mass is 10.0. The minimum absolute atomic E-state index is 0.0339. The summed E-state index contributed by atoms with van der Waals surface area (Å²) >= 11 is 0. The maximum Gasteiger partial charge on any atom is 0.237 e. The number of sulfone groups is 1. The van der Waals surface area contributed by atoms with Crippen molar-refractivity contribution in [1.29, 1.82) is 0 Å². The molecule has 2 heterocycles. The zero-order valence-electron chi connectivity index (χ0n) is 10.7. The van der Waals surface area contributed by atoms with Gasteiger partial charge in [0.1, 0.15) is 0 Å². The van der Waals surface area contributed by atoms with Gasteiger partial charge in [-0.15, -0.1) is 0 Å². The Bertz CT molecular complexity index is 436. The quantitative estimate of drug-likeness (QED) is 0.695. The summed E-state index contributed by atoms with van der Waals surface area (Å²) in [5, 5.41) is 5.94. The number of carbonyl (C=O) groups excluding carboxylic acids is 1. The van der Waals surface area contributed by atoms with E-state index < -0.39 is 15.4 Å². The predicted molar refractivity (Wildman–Crippen MR) is 67.0 cm³/mol. The average Bonchev–Trinajstić information content (AvgIpc) is 2.83. The van der Waals surface area contributed by atoms with Crippen LogP contribution < -0.4 is 10.6 Å². The zero-order valence-corrected chi connectivity index (χ0v) is 11.5. The fraction of sp³-hybridized carbons (Fsp3) is 0.909. The van der Waals surface area contributed by atoms with Crippen LogP contribution in [0.3, 0.4) is 0 Å². The summed E-state index contributed by atoms with van der Waals surface area (Å²) < 4.78 is 28.1. The Labute approximate surface area is 107 Å². The molecular weight excluding hydrogens is 256 g/mol. The van der Waals surface area contributed by atoms with Crippen molar-refractivity contribution in [3.8, 4) is 0 Å². The van der Waals surface area contributed by atoms with Crippen molar-refractivity contribution < 1.29 is 17.9 Å². The van der Waals surface area contributed by atoms with Crippen molar-refractivity contribution in [2.75, 3.05) is 25.2 Å². The van der Waals surface area contributed by atoms with Gasteiger partial charge in [-0.05, 0) is 19.8 Å². The molecule has 1 amide bonds. The topological polar surface area (TPSA) is 84.5 Å². The van der Waals surface area contributed by atoms with Gasteiger partial charge in [0.2, 0.25) is 5.91 Å². The van der Waals surface area contributed by atoms with Crippen LogP contribution in [0.4, 0.5) is 0 Å². The fourth-order valence-corrected chi connectivity index (χ4v) is 4.67. The molecule has 2 aliphatic heterocycles. The predicted octanol–water partition coefficient (Wildman–Crippen LogP) is -0.943. The molecule has 2 aliphatic rings. The number of amides is 1. The highest BCUT2D eigenvalue weighted by atomic mass is 32.2. The molecule has 2 rings (SSSR count). The van der Waals surface area contributed by atoms with Gasteiger partial charge in [-0.25, -0.2) is 8.42 Å². The molecule has 6 nitrogen and oxygen atoms in total. The number of hydrogen-bond donors (Lipinski definition) is 2. The monoisotopic (exact) mass is 276 g/mol. The summed E-state index contributed by atoms with van der Waals surface area (Å²) in [6, 6.07) is -0.282. The van der Waals surface area contributed by atoms with Crippen LogP contribution in [0.15, 0.2) is 0 Å². The molecule has 2 fully saturated rings. The van der Waals surface area contributed by atoms with E-state index >= 15 is 0 Å². The third kappa shape index (κ3) is 3.02. The average molecular weight is 276 g/mol. The first kappa shape index (κ1) is 13.8. The number of nitrogens with one attached hydrogen (secondary N) is 2. The van der Waals surface area contributed by atoms with Gasteiger partial charge >= 0.3 is 0 Å². The maximum absolute atomic E-state index is 12.1. The van der Waals surface area contributed by atoms with Gasteiger partial charge < -0.3 is 15.4 Å². The molecule has 0 saturated carbocycles. The zero-order chi connectivity index (χ0) is 13.4. The second-order valence-electron chi connectivity index (χ2n) is 5.45. The van der Waals surface area contributed by atoms with Gasteiger partial charge in [0, 0.05) is 13.7 Å². The number of methoxy groups -OCH3 is 1. The van der Waals surface area contributed by atoms with E-state index in [1.807, 2.05) is 0 Å². The molecule has 104 valence electrons. The molecule has 0 aromatic heterocycles. The lowest BCUT2D eigenvalue weighted by molar-refractivity contribution is -0.124. The van der Waals surface area contributed by atoms with Gasteiger partial charge in [0.05, 0.1) is 29.2 Å². The molecule has 18 heavy (non-hydrogen) atoms. The summed E-state index contributed by atoms with van der Waals surface area (Å²) in [5.74, 6) is 0.0588. The minimum Gasteiger partial charge on any atom is -0.380 e. The molecule has 0 spiro atoms. The Morgan fingerprint density at radius 3 is 2.72 bits per heavy atom. The summed E-state index contributed by atoms with van der Waals surface area (Å²) in [6.07, 6.45) is 1.17. The highest BCUT2D eigenvalue weighted by Gasteiger charge is 2.41. The van der Waals surface area contributed by atoms with Crippen LogP contribution in [0.5, 0.6) is 0 Å². The lowest BCUT2D eigenvalue weighted by Gasteiger charge is -2.25. The third-order valence-corrected chi connectivity index (χ3v) is 5.57. The molecule has 2 saturated heterocycles. The molecule has 7 heteroatoms. The molecule has 0 aromatic rings. The molecule has 0 bridgehead atoms. The van der Waals surface area contributed by atoms with Crippen molar-refractivity contribution in [2.24, 2.45) is 0 Å². The number of rotatable bonds is 3. The van der Waals surface area contributed by atoms with E-state index in [0.717, 1.165) is 0 Å². The SMILES string of the molecule is COC1CNC(C(=O)NC2(C)CCS(=O)(=O)C2)C1. The molecule has 3 atom stereocenters. The van der Waals surface area contributed by atoms with Crippen molar-refractivity contribution in [1.82, 2.24) is 10.6 Å². The van der Waals surface area contributed by atoms with Gasteiger partial charge in [-0.1, -0.05) is 0 Å². The second kappa shape index (κ2) is 4.79. The summed E-state index contributed by atoms with van der Waals surface area (Å²) in [6.45, 7) is 2.45. The number of ether oxygens (including phenoxy) is 1. The number of carbonyl (C=O) groups is 1. The van der Waals surface area contributed by atoms with E-state index in [2.05, 4.69) is 10.6 Å². The van der Waals surface area contributed by atoms with Crippen LogP contribution in [0.2, 0.25) is 0 Å². The Kier molecular flexibility index (Phi) is 3.66. The maximum atomic E-state index is 12.1. The van der Waals surface area contributed by atoms with E-state index in [9.17, 15) is 13.2 Å². The van der Waals surface area contributed by atoms with Crippen LogP contribution in [-0.4, -0.2) is 57.2 Å². The van der Waals surface area contributed by atoms with Crippen LogP contribution in [-0.2, 0) is 19.4 Å². The van der Waals surface area contributed by atoms with E-state index in [1.54, 1.807) is 14.0 Å². The smallest absolute Gasteiger partial charge is 0.237 e. The largest absolute Gasteiger partial charge is 0.380 e. The fourth-order valence-electron chi connectivity index (χ4n) is 2.58. The van der Waals surface area contributed by atoms with E-state index in [0.29, 0.717) is 19.4 Å². The number of hydrogen-bond acceptors (Lipinski definition) is 5. The molecule has 0 aliphatic carbocycles.